The molecule has 0 N–H and O–H groups in total. The number of para-hydroxylation sites is 1. The maximum absolute atomic E-state index is 13.0. The van der Waals surface area contributed by atoms with Crippen LogP contribution in [-0.2, 0) is 6.18 Å². The molecule has 1 aromatic heterocycles. The van der Waals surface area contributed by atoms with E-state index >= 15 is 0 Å². The number of rotatable bonds is 3. The van der Waals surface area contributed by atoms with Crippen molar-refractivity contribution in [3.8, 4) is 16.8 Å². The Morgan fingerprint density at radius 3 is 2.00 bits per heavy atom. The van der Waals surface area contributed by atoms with Crippen LogP contribution in [0.15, 0.2) is 91.0 Å². The lowest BCUT2D eigenvalue weighted by Gasteiger charge is -2.11. The normalized spacial score (nSPS) is 11.8. The summed E-state index contributed by atoms with van der Waals surface area (Å²) in [5.41, 5.74) is 4.43. The van der Waals surface area contributed by atoms with Crippen LogP contribution < -0.4 is 0 Å². The van der Waals surface area contributed by atoms with Crippen molar-refractivity contribution in [1.82, 2.24) is 4.57 Å². The van der Waals surface area contributed by atoms with Crippen molar-refractivity contribution < 1.29 is 18.0 Å². The highest BCUT2D eigenvalue weighted by atomic mass is 19.4. The van der Waals surface area contributed by atoms with Crippen LogP contribution in [0.4, 0.5) is 13.2 Å². The molecule has 0 fully saturated rings. The first-order valence-electron chi connectivity index (χ1n) is 9.72. The van der Waals surface area contributed by atoms with E-state index < -0.39 is 11.7 Å². The second-order valence-corrected chi connectivity index (χ2v) is 7.37. The predicted octanol–water partition coefficient (Wildman–Crippen LogP) is 7.28. The Hall–Kier alpha value is -3.86. The standard InChI is InChI=1S/C26H16F3NO/c27-26(28,29)20-10-12-21(13-11-20)30-24-4-2-1-3-22(24)23-15-19(9-14-25(23)30)18-7-5-17(16-31)6-8-18/h1-16H. The van der Waals surface area contributed by atoms with Crippen LogP contribution in [0.25, 0.3) is 38.6 Å². The van der Waals surface area contributed by atoms with Gasteiger partial charge in [0, 0.05) is 22.0 Å². The molecule has 5 heteroatoms. The van der Waals surface area contributed by atoms with Gasteiger partial charge in [0.1, 0.15) is 6.29 Å². The Balaban J connectivity index is 1.70. The first-order chi connectivity index (χ1) is 15.0. The largest absolute Gasteiger partial charge is 0.416 e. The van der Waals surface area contributed by atoms with Crippen molar-refractivity contribution in [1.29, 1.82) is 0 Å². The van der Waals surface area contributed by atoms with Gasteiger partial charge in [-0.3, -0.25) is 4.79 Å². The second kappa shape index (κ2) is 7.13. The molecule has 0 amide bonds. The van der Waals surface area contributed by atoms with Gasteiger partial charge in [-0.25, -0.2) is 0 Å². The summed E-state index contributed by atoms with van der Waals surface area (Å²) in [5, 5.41) is 2.02. The number of aromatic nitrogens is 1. The zero-order valence-electron chi connectivity index (χ0n) is 16.2. The van der Waals surface area contributed by atoms with Gasteiger partial charge in [0.15, 0.2) is 0 Å². The molecule has 0 bridgehead atoms. The number of nitrogens with zero attached hydrogens (tertiary/aromatic N) is 1. The van der Waals surface area contributed by atoms with Crippen LogP contribution in [0.2, 0.25) is 0 Å². The zero-order chi connectivity index (χ0) is 21.6. The van der Waals surface area contributed by atoms with E-state index in [-0.39, 0.29) is 0 Å². The average molecular weight is 415 g/mol. The molecule has 0 unspecified atom stereocenters. The molecule has 5 rings (SSSR count). The summed E-state index contributed by atoms with van der Waals surface area (Å²) in [7, 11) is 0. The minimum absolute atomic E-state index is 0.615. The third kappa shape index (κ3) is 3.28. The summed E-state index contributed by atoms with van der Waals surface area (Å²) in [5.74, 6) is 0. The maximum atomic E-state index is 13.0. The van der Waals surface area contributed by atoms with E-state index in [1.165, 1.54) is 12.1 Å². The van der Waals surface area contributed by atoms with Crippen molar-refractivity contribution >= 4 is 28.1 Å². The molecule has 152 valence electrons. The van der Waals surface area contributed by atoms with Crippen molar-refractivity contribution in [2.24, 2.45) is 0 Å². The van der Waals surface area contributed by atoms with Gasteiger partial charge in [-0.05, 0) is 53.6 Å². The molecule has 2 nitrogen and oxygen atoms in total. The summed E-state index contributed by atoms with van der Waals surface area (Å²) in [4.78, 5) is 10.9. The van der Waals surface area contributed by atoms with Crippen molar-refractivity contribution in [3.63, 3.8) is 0 Å². The summed E-state index contributed by atoms with van der Waals surface area (Å²) in [6.45, 7) is 0. The lowest BCUT2D eigenvalue weighted by atomic mass is 10.0. The summed E-state index contributed by atoms with van der Waals surface area (Å²) in [6.07, 6.45) is -3.56. The van der Waals surface area contributed by atoms with E-state index in [1.54, 1.807) is 12.1 Å². The van der Waals surface area contributed by atoms with Gasteiger partial charge < -0.3 is 4.57 Å². The van der Waals surface area contributed by atoms with Crippen LogP contribution in [-0.4, -0.2) is 10.9 Å². The molecule has 0 aliphatic carbocycles. The number of hydrogen-bond donors (Lipinski definition) is 0. The van der Waals surface area contributed by atoms with Crippen molar-refractivity contribution in [2.75, 3.05) is 0 Å². The molecule has 0 aliphatic heterocycles. The topological polar surface area (TPSA) is 22.0 Å². The summed E-state index contributed by atoms with van der Waals surface area (Å²) >= 11 is 0. The molecule has 31 heavy (non-hydrogen) atoms. The van der Waals surface area contributed by atoms with Crippen molar-refractivity contribution in [3.05, 3.63) is 102 Å². The fourth-order valence-corrected chi connectivity index (χ4v) is 3.98. The number of alkyl halides is 3. The molecule has 4 aromatic carbocycles. The van der Waals surface area contributed by atoms with E-state index in [4.69, 9.17) is 0 Å². The smallest absolute Gasteiger partial charge is 0.309 e. The fraction of sp³-hybridized carbons (Fsp3) is 0.0385. The van der Waals surface area contributed by atoms with Gasteiger partial charge in [0.2, 0.25) is 0 Å². The summed E-state index contributed by atoms with van der Waals surface area (Å²) < 4.78 is 41.0. The molecular weight excluding hydrogens is 399 g/mol. The van der Waals surface area contributed by atoms with Crippen LogP contribution in [0.3, 0.4) is 0 Å². The van der Waals surface area contributed by atoms with Crippen LogP contribution >= 0.6 is 0 Å². The average Bonchev–Trinajstić information content (AvgIpc) is 3.12. The van der Waals surface area contributed by atoms with Crippen molar-refractivity contribution in [2.45, 2.75) is 6.18 Å². The second-order valence-electron chi connectivity index (χ2n) is 7.37. The Morgan fingerprint density at radius 1 is 0.677 bits per heavy atom. The van der Waals surface area contributed by atoms with Gasteiger partial charge in [0.05, 0.1) is 16.6 Å². The Labute approximate surface area is 176 Å². The lowest BCUT2D eigenvalue weighted by Crippen LogP contribution is -2.05. The molecule has 0 spiro atoms. The molecule has 0 aliphatic rings. The van der Waals surface area contributed by atoms with Gasteiger partial charge in [-0.15, -0.1) is 0 Å². The third-order valence-electron chi connectivity index (χ3n) is 5.51. The zero-order valence-corrected chi connectivity index (χ0v) is 16.2. The Bertz CT molecular complexity index is 1410. The highest BCUT2D eigenvalue weighted by Crippen LogP contribution is 2.36. The van der Waals surface area contributed by atoms with Gasteiger partial charge in [0.25, 0.3) is 0 Å². The van der Waals surface area contributed by atoms with Crippen LogP contribution in [0.1, 0.15) is 15.9 Å². The van der Waals surface area contributed by atoms with E-state index in [0.29, 0.717) is 11.3 Å². The SMILES string of the molecule is O=Cc1ccc(-c2ccc3c(c2)c2ccccc2n3-c2ccc(C(F)(F)F)cc2)cc1. The fourth-order valence-electron chi connectivity index (χ4n) is 3.98. The van der Waals surface area contributed by atoms with Crippen LogP contribution in [0.5, 0.6) is 0 Å². The van der Waals surface area contributed by atoms with Crippen LogP contribution in [0, 0.1) is 0 Å². The number of hydrogen-bond acceptors (Lipinski definition) is 1. The highest BCUT2D eigenvalue weighted by molar-refractivity contribution is 6.10. The maximum Gasteiger partial charge on any atom is 0.416 e. The quantitative estimate of drug-likeness (QED) is 0.284. The molecule has 1 heterocycles. The number of halogens is 3. The predicted molar refractivity (Wildman–Crippen MR) is 117 cm³/mol. The highest BCUT2D eigenvalue weighted by Gasteiger charge is 2.30. The number of carbonyl (C=O) groups excluding carboxylic acids is 1. The van der Waals surface area contributed by atoms with Gasteiger partial charge >= 0.3 is 6.18 Å². The third-order valence-corrected chi connectivity index (χ3v) is 5.51. The molecule has 0 atom stereocenters. The van der Waals surface area contributed by atoms with E-state index in [2.05, 4.69) is 6.07 Å². The molecular formula is C26H16F3NO. The minimum atomic E-state index is -4.37. The molecule has 5 aromatic rings. The number of carbonyl (C=O) groups is 1. The Morgan fingerprint density at radius 2 is 1.32 bits per heavy atom. The van der Waals surface area contributed by atoms with Gasteiger partial charge in [-0.2, -0.15) is 13.2 Å². The molecule has 0 saturated heterocycles. The molecule has 0 saturated carbocycles. The van der Waals surface area contributed by atoms with E-state index in [9.17, 15) is 18.0 Å². The van der Waals surface area contributed by atoms with Gasteiger partial charge in [-0.1, -0.05) is 48.5 Å². The minimum Gasteiger partial charge on any atom is -0.309 e. The number of aldehydes is 1. The number of fused-ring (bicyclic) bond motifs is 3. The Kier molecular flexibility index (Phi) is 4.40. The summed E-state index contributed by atoms with van der Waals surface area (Å²) in [6, 6.07) is 26.5. The first-order valence-corrected chi connectivity index (χ1v) is 9.72. The first kappa shape index (κ1) is 19.1. The number of benzene rings is 4. The van der Waals surface area contributed by atoms with E-state index in [0.717, 1.165) is 51.4 Å². The molecule has 0 radical (unpaired) electrons. The monoisotopic (exact) mass is 415 g/mol. The lowest BCUT2D eigenvalue weighted by molar-refractivity contribution is -0.137. The van der Waals surface area contributed by atoms with E-state index in [1.807, 2.05) is 53.1 Å².